The van der Waals surface area contributed by atoms with Crippen LogP contribution in [-0.4, -0.2) is 36.5 Å². The summed E-state index contributed by atoms with van der Waals surface area (Å²) < 4.78 is 5.14. The lowest BCUT2D eigenvalue weighted by Gasteiger charge is -2.26. The molecule has 39 heavy (non-hydrogen) atoms. The van der Waals surface area contributed by atoms with Gasteiger partial charge in [0.15, 0.2) is 12.1 Å². The van der Waals surface area contributed by atoms with E-state index in [1.807, 2.05) is 31.2 Å². The average Bonchev–Trinajstić information content (AvgIpc) is 3.79. The number of hydrogen-bond donors (Lipinski definition) is 0. The summed E-state index contributed by atoms with van der Waals surface area (Å²) in [5.74, 6) is 0.613. The van der Waals surface area contributed by atoms with Crippen LogP contribution < -0.4 is 9.64 Å². The molecule has 1 saturated carbocycles. The van der Waals surface area contributed by atoms with Gasteiger partial charge < -0.3 is 9.64 Å². The Morgan fingerprint density at radius 1 is 0.974 bits per heavy atom. The maximum Gasteiger partial charge on any atom is 0.211 e. The van der Waals surface area contributed by atoms with Crippen LogP contribution in [0.1, 0.15) is 60.7 Å². The first-order valence-electron chi connectivity index (χ1n) is 12.7. The number of anilines is 2. The number of ketones is 2. The van der Waals surface area contributed by atoms with Crippen molar-refractivity contribution < 1.29 is 19.1 Å². The molecule has 0 amide bonds. The molecule has 196 valence electrons. The molecule has 0 aliphatic heterocycles. The Labute approximate surface area is 232 Å². The number of aromatic nitrogens is 1. The molecule has 0 N–H and O–H groups in total. The van der Waals surface area contributed by atoms with Crippen molar-refractivity contribution in [3.63, 3.8) is 0 Å². The highest BCUT2D eigenvalue weighted by Crippen LogP contribution is 2.37. The van der Waals surface area contributed by atoms with Gasteiger partial charge in [-0.25, -0.2) is 0 Å². The van der Waals surface area contributed by atoms with Crippen LogP contribution in [-0.2, 0) is 0 Å². The number of pyridine rings is 1. The largest absolute Gasteiger partial charge is 0.497 e. The summed E-state index contributed by atoms with van der Waals surface area (Å²) >= 11 is 6.18. The molecule has 0 unspecified atom stereocenters. The lowest BCUT2D eigenvalue weighted by atomic mass is 9.95. The van der Waals surface area contributed by atoms with Crippen LogP contribution in [0.15, 0.2) is 79.0 Å². The maximum absolute atomic E-state index is 13.3. The molecule has 5 rings (SSSR count). The SMILES string of the molecule is COc1ccc(C(=O)c2ccc(C(=O)c3ccc(N(CC4CC4)c4ccc(Cl)cc4C)cn3)cc2C=O)cc1. The highest BCUT2D eigenvalue weighted by molar-refractivity contribution is 6.30. The monoisotopic (exact) mass is 538 g/mol. The van der Waals surface area contributed by atoms with Gasteiger partial charge in [0.05, 0.1) is 19.0 Å². The van der Waals surface area contributed by atoms with E-state index in [1.54, 1.807) is 49.7 Å². The fourth-order valence-corrected chi connectivity index (χ4v) is 4.78. The zero-order chi connectivity index (χ0) is 27.5. The third-order valence-corrected chi connectivity index (χ3v) is 7.15. The highest BCUT2D eigenvalue weighted by Gasteiger charge is 2.26. The molecule has 1 aliphatic carbocycles. The van der Waals surface area contributed by atoms with Crippen molar-refractivity contribution in [1.29, 1.82) is 0 Å². The number of halogens is 1. The van der Waals surface area contributed by atoms with Gasteiger partial charge >= 0.3 is 0 Å². The van der Waals surface area contributed by atoms with Crippen molar-refractivity contribution in [2.24, 2.45) is 5.92 Å². The summed E-state index contributed by atoms with van der Waals surface area (Å²) in [4.78, 5) is 44.8. The van der Waals surface area contributed by atoms with E-state index in [2.05, 4.69) is 9.88 Å². The van der Waals surface area contributed by atoms with E-state index < -0.39 is 0 Å². The Morgan fingerprint density at radius 3 is 2.33 bits per heavy atom. The van der Waals surface area contributed by atoms with Crippen molar-refractivity contribution >= 4 is 40.8 Å². The second-order valence-corrected chi connectivity index (χ2v) is 10.1. The summed E-state index contributed by atoms with van der Waals surface area (Å²) in [5, 5.41) is 0.688. The van der Waals surface area contributed by atoms with Crippen LogP contribution in [0.25, 0.3) is 0 Å². The van der Waals surface area contributed by atoms with Crippen LogP contribution >= 0.6 is 11.6 Å². The Kier molecular flexibility index (Phi) is 7.57. The Morgan fingerprint density at radius 2 is 1.72 bits per heavy atom. The summed E-state index contributed by atoms with van der Waals surface area (Å²) in [6.45, 7) is 2.89. The van der Waals surface area contributed by atoms with Gasteiger partial charge in [0.25, 0.3) is 0 Å². The molecule has 4 aromatic rings. The molecule has 0 saturated heterocycles. The van der Waals surface area contributed by atoms with Gasteiger partial charge in [-0.3, -0.25) is 19.4 Å². The van der Waals surface area contributed by atoms with Crippen LogP contribution in [0.5, 0.6) is 5.75 Å². The van der Waals surface area contributed by atoms with Crippen LogP contribution in [0.4, 0.5) is 11.4 Å². The minimum absolute atomic E-state index is 0.145. The third-order valence-electron chi connectivity index (χ3n) is 6.92. The van der Waals surface area contributed by atoms with Crippen LogP contribution in [0, 0.1) is 12.8 Å². The summed E-state index contributed by atoms with van der Waals surface area (Å²) in [6, 6.07) is 20.6. The zero-order valence-corrected chi connectivity index (χ0v) is 22.4. The molecule has 0 spiro atoms. The topological polar surface area (TPSA) is 76.6 Å². The van der Waals surface area contributed by atoms with E-state index in [9.17, 15) is 14.4 Å². The van der Waals surface area contributed by atoms with E-state index in [0.717, 1.165) is 23.5 Å². The minimum atomic E-state index is -0.329. The van der Waals surface area contributed by atoms with Crippen molar-refractivity contribution in [3.05, 3.63) is 118 Å². The number of aryl methyl sites for hydroxylation is 1. The standard InChI is InChI=1S/C32H27ClN2O4/c1-20-15-25(33)8-14-30(20)35(18-21-3-4-21)26-9-13-29(34-17-26)32(38)23-7-12-28(24(16-23)19-36)31(37)22-5-10-27(39-2)11-6-22/h5-17,19,21H,3-4,18H2,1-2H3. The van der Waals surface area contributed by atoms with E-state index in [-0.39, 0.29) is 34.0 Å². The van der Waals surface area contributed by atoms with Gasteiger partial charge in [-0.15, -0.1) is 0 Å². The first-order chi connectivity index (χ1) is 18.9. The molecule has 0 radical (unpaired) electrons. The fraction of sp³-hybridized carbons (Fsp3) is 0.188. The number of nitrogens with zero attached hydrogens (tertiary/aromatic N) is 2. The first-order valence-corrected chi connectivity index (χ1v) is 13.1. The normalized spacial score (nSPS) is 12.6. The third kappa shape index (κ3) is 5.76. The molecule has 0 bridgehead atoms. The number of methoxy groups -OCH3 is 1. The summed E-state index contributed by atoms with van der Waals surface area (Å²) in [7, 11) is 1.55. The Balaban J connectivity index is 1.39. The molecular formula is C32H27ClN2O4. The minimum Gasteiger partial charge on any atom is -0.497 e. The lowest BCUT2D eigenvalue weighted by molar-refractivity contribution is 0.102. The number of aldehydes is 1. The highest BCUT2D eigenvalue weighted by atomic mass is 35.5. The lowest BCUT2D eigenvalue weighted by Crippen LogP contribution is -2.21. The molecule has 1 fully saturated rings. The predicted octanol–water partition coefficient (Wildman–Crippen LogP) is 6.87. The molecule has 7 heteroatoms. The molecule has 1 aromatic heterocycles. The van der Waals surface area contributed by atoms with Crippen molar-refractivity contribution in [2.45, 2.75) is 19.8 Å². The zero-order valence-electron chi connectivity index (χ0n) is 21.7. The van der Waals surface area contributed by atoms with Gasteiger partial charge in [-0.2, -0.15) is 0 Å². The molecule has 1 aliphatic rings. The van der Waals surface area contributed by atoms with Crippen molar-refractivity contribution in [3.8, 4) is 5.75 Å². The maximum atomic E-state index is 13.3. The average molecular weight is 539 g/mol. The molecule has 1 heterocycles. The molecule has 0 atom stereocenters. The summed E-state index contributed by atoms with van der Waals surface area (Å²) in [5.41, 5.74) is 4.33. The fourth-order valence-electron chi connectivity index (χ4n) is 4.56. The number of carbonyl (C=O) groups is 3. The summed E-state index contributed by atoms with van der Waals surface area (Å²) in [6.07, 6.45) is 4.69. The number of carbonyl (C=O) groups excluding carboxylic acids is 3. The second kappa shape index (κ2) is 11.2. The Bertz CT molecular complexity index is 1540. The second-order valence-electron chi connectivity index (χ2n) is 9.69. The Hall–Kier alpha value is -4.29. The van der Waals surface area contributed by atoms with E-state index >= 15 is 0 Å². The van der Waals surface area contributed by atoms with Gasteiger partial charge in [0.2, 0.25) is 5.78 Å². The predicted molar refractivity (Wildman–Crippen MR) is 152 cm³/mol. The van der Waals surface area contributed by atoms with Gasteiger partial charge in [-0.1, -0.05) is 17.7 Å². The number of benzene rings is 3. The number of rotatable bonds is 10. The van der Waals surface area contributed by atoms with Crippen molar-refractivity contribution in [2.75, 3.05) is 18.6 Å². The molecule has 6 nitrogen and oxygen atoms in total. The molecule has 3 aromatic carbocycles. The molecular weight excluding hydrogens is 512 g/mol. The van der Waals surface area contributed by atoms with E-state index in [4.69, 9.17) is 16.3 Å². The smallest absolute Gasteiger partial charge is 0.211 e. The van der Waals surface area contributed by atoms with E-state index in [1.165, 1.54) is 25.0 Å². The van der Waals surface area contributed by atoms with Crippen LogP contribution in [0.3, 0.4) is 0 Å². The van der Waals surface area contributed by atoms with Crippen molar-refractivity contribution in [1.82, 2.24) is 4.98 Å². The van der Waals surface area contributed by atoms with Gasteiger partial charge in [0.1, 0.15) is 11.4 Å². The van der Waals surface area contributed by atoms with Gasteiger partial charge in [-0.05, 0) is 98.0 Å². The number of ether oxygens (including phenoxy) is 1. The van der Waals surface area contributed by atoms with E-state index in [0.29, 0.717) is 28.5 Å². The van der Waals surface area contributed by atoms with Gasteiger partial charge in [0, 0.05) is 39.5 Å². The number of hydrogen-bond acceptors (Lipinski definition) is 6. The quantitative estimate of drug-likeness (QED) is 0.162. The first kappa shape index (κ1) is 26.3. The van der Waals surface area contributed by atoms with Crippen LogP contribution in [0.2, 0.25) is 5.02 Å².